The molecule has 2 rings (SSSR count). The normalized spacial score (nSPS) is 11.5. The van der Waals surface area contributed by atoms with Gasteiger partial charge in [0.25, 0.3) is 0 Å². The number of aliphatic hydroxyl groups excluding tert-OH is 1. The van der Waals surface area contributed by atoms with Crippen LogP contribution in [0.25, 0.3) is 0 Å². The maximum absolute atomic E-state index is 13.8. The third-order valence-corrected chi connectivity index (χ3v) is 3.09. The summed E-state index contributed by atoms with van der Waals surface area (Å²) in [5, 5.41) is 15.9. The first kappa shape index (κ1) is 20.5. The maximum atomic E-state index is 13.8. The molecule has 0 fully saturated rings. The zero-order valence-electron chi connectivity index (χ0n) is 12.7. The Balaban J connectivity index is 2.68. The van der Waals surface area contributed by atoms with Crippen molar-refractivity contribution in [3.63, 3.8) is 0 Å². The Labute approximate surface area is 143 Å². The van der Waals surface area contributed by atoms with Gasteiger partial charge in [-0.05, 0) is 0 Å². The molecule has 0 atom stereocenters. The Morgan fingerprint density at radius 2 is 0.926 bits per heavy atom. The summed E-state index contributed by atoms with van der Waals surface area (Å²) >= 11 is 0. The van der Waals surface area contributed by atoms with Gasteiger partial charge in [0.15, 0.2) is 57.9 Å². The quantitative estimate of drug-likeness (QED) is 0.328. The SMILES string of the molecule is OCCNc1c(F)c(F)c(F)c(F)c1N=Nc1c(F)c(F)c(F)c(F)c1F. The molecule has 146 valence electrons. The molecule has 2 aromatic rings. The first-order valence-electron chi connectivity index (χ1n) is 6.77. The molecule has 0 amide bonds. The summed E-state index contributed by atoms with van der Waals surface area (Å²) in [6.45, 7) is -1.21. The van der Waals surface area contributed by atoms with Crippen LogP contribution < -0.4 is 5.32 Å². The minimum Gasteiger partial charge on any atom is -0.395 e. The summed E-state index contributed by atoms with van der Waals surface area (Å²) in [5.74, 6) is -21.0. The van der Waals surface area contributed by atoms with Crippen LogP contribution >= 0.6 is 0 Å². The van der Waals surface area contributed by atoms with Crippen LogP contribution in [0.1, 0.15) is 0 Å². The van der Waals surface area contributed by atoms with Gasteiger partial charge >= 0.3 is 0 Å². The third-order valence-electron chi connectivity index (χ3n) is 3.09. The minimum absolute atomic E-state index is 0.521. The maximum Gasteiger partial charge on any atom is 0.200 e. The van der Waals surface area contributed by atoms with Crippen LogP contribution in [-0.4, -0.2) is 18.3 Å². The van der Waals surface area contributed by atoms with Gasteiger partial charge in [-0.2, -0.15) is 0 Å². The molecule has 2 aromatic carbocycles. The lowest BCUT2D eigenvalue weighted by atomic mass is 10.2. The van der Waals surface area contributed by atoms with Crippen molar-refractivity contribution in [2.24, 2.45) is 10.2 Å². The summed E-state index contributed by atoms with van der Waals surface area (Å²) in [7, 11) is 0. The van der Waals surface area contributed by atoms with Gasteiger partial charge in [-0.25, -0.2) is 39.5 Å². The van der Waals surface area contributed by atoms with Crippen LogP contribution in [-0.2, 0) is 0 Å². The zero-order valence-corrected chi connectivity index (χ0v) is 12.7. The molecule has 0 saturated heterocycles. The monoisotopic (exact) mass is 403 g/mol. The van der Waals surface area contributed by atoms with E-state index < -0.39 is 82.6 Å². The summed E-state index contributed by atoms with van der Waals surface area (Å²) in [4.78, 5) is 0. The molecular weight excluding hydrogens is 397 g/mol. The smallest absolute Gasteiger partial charge is 0.200 e. The van der Waals surface area contributed by atoms with E-state index in [-0.39, 0.29) is 0 Å². The van der Waals surface area contributed by atoms with Crippen LogP contribution in [0, 0.1) is 52.4 Å². The van der Waals surface area contributed by atoms with Crippen molar-refractivity contribution in [3.05, 3.63) is 52.4 Å². The van der Waals surface area contributed by atoms with Crippen molar-refractivity contribution in [1.29, 1.82) is 0 Å². The van der Waals surface area contributed by atoms with Crippen molar-refractivity contribution in [1.82, 2.24) is 0 Å². The lowest BCUT2D eigenvalue weighted by Crippen LogP contribution is -2.10. The van der Waals surface area contributed by atoms with E-state index in [1.807, 2.05) is 5.32 Å². The predicted molar refractivity (Wildman–Crippen MR) is 72.3 cm³/mol. The summed E-state index contributed by atoms with van der Waals surface area (Å²) in [6, 6.07) is 0. The van der Waals surface area contributed by atoms with Gasteiger partial charge < -0.3 is 10.4 Å². The number of hydrogen-bond acceptors (Lipinski definition) is 4. The fraction of sp³-hybridized carbons (Fsp3) is 0.143. The number of nitrogens with one attached hydrogen (secondary N) is 1. The molecule has 0 saturated carbocycles. The number of nitrogens with zero attached hydrogens (tertiary/aromatic N) is 2. The lowest BCUT2D eigenvalue weighted by molar-refractivity contribution is 0.310. The van der Waals surface area contributed by atoms with Crippen molar-refractivity contribution in [2.45, 2.75) is 0 Å². The Morgan fingerprint density at radius 3 is 1.41 bits per heavy atom. The Bertz CT molecular complexity index is 904. The summed E-state index contributed by atoms with van der Waals surface area (Å²) < 4.78 is 120. The average Bonchev–Trinajstić information content (AvgIpc) is 2.66. The number of aliphatic hydroxyl groups is 1. The highest BCUT2D eigenvalue weighted by atomic mass is 19.2. The van der Waals surface area contributed by atoms with Gasteiger partial charge in [0.2, 0.25) is 5.82 Å². The fourth-order valence-corrected chi connectivity index (χ4v) is 1.84. The van der Waals surface area contributed by atoms with Crippen LogP contribution in [0.5, 0.6) is 0 Å². The van der Waals surface area contributed by atoms with Crippen LogP contribution in [0.3, 0.4) is 0 Å². The van der Waals surface area contributed by atoms with E-state index in [4.69, 9.17) is 5.11 Å². The summed E-state index contributed by atoms with van der Waals surface area (Å²) in [6.07, 6.45) is 0. The molecule has 4 nitrogen and oxygen atoms in total. The zero-order chi connectivity index (χ0) is 20.5. The minimum atomic E-state index is -2.50. The highest BCUT2D eigenvalue weighted by molar-refractivity contribution is 5.67. The van der Waals surface area contributed by atoms with E-state index >= 15 is 0 Å². The molecule has 0 aliphatic carbocycles. The van der Waals surface area contributed by atoms with Gasteiger partial charge in [0, 0.05) is 6.54 Å². The van der Waals surface area contributed by atoms with E-state index in [2.05, 4.69) is 10.2 Å². The van der Waals surface area contributed by atoms with Crippen LogP contribution in [0.4, 0.5) is 56.6 Å². The molecule has 0 spiro atoms. The summed E-state index contributed by atoms with van der Waals surface area (Å²) in [5.41, 5.74) is -4.54. The van der Waals surface area contributed by atoms with Crippen LogP contribution in [0.15, 0.2) is 10.2 Å². The molecule has 2 N–H and O–H groups in total. The molecule has 0 radical (unpaired) electrons. The molecule has 0 aliphatic rings. The van der Waals surface area contributed by atoms with E-state index in [0.717, 1.165) is 0 Å². The molecule has 0 heterocycles. The van der Waals surface area contributed by atoms with Gasteiger partial charge in [0.05, 0.1) is 6.61 Å². The average molecular weight is 403 g/mol. The first-order valence-corrected chi connectivity index (χ1v) is 6.77. The Morgan fingerprint density at radius 1 is 0.556 bits per heavy atom. The number of rotatable bonds is 5. The van der Waals surface area contributed by atoms with Gasteiger partial charge in [-0.15, -0.1) is 10.2 Å². The number of hydrogen-bond donors (Lipinski definition) is 2. The second-order valence-corrected chi connectivity index (χ2v) is 4.75. The van der Waals surface area contributed by atoms with Crippen molar-refractivity contribution < 1.29 is 44.6 Å². The predicted octanol–water partition coefficient (Wildman–Crippen LogP) is 4.76. The van der Waals surface area contributed by atoms with Gasteiger partial charge in [-0.3, -0.25) is 0 Å². The topological polar surface area (TPSA) is 57.0 Å². The fourth-order valence-electron chi connectivity index (χ4n) is 1.84. The third kappa shape index (κ3) is 3.54. The van der Waals surface area contributed by atoms with E-state index in [1.54, 1.807) is 0 Å². The van der Waals surface area contributed by atoms with Crippen molar-refractivity contribution in [2.75, 3.05) is 18.5 Å². The number of anilines is 1. The van der Waals surface area contributed by atoms with Crippen molar-refractivity contribution >= 4 is 17.1 Å². The number of azo groups is 1. The largest absolute Gasteiger partial charge is 0.395 e. The van der Waals surface area contributed by atoms with E-state index in [0.29, 0.717) is 0 Å². The Hall–Kier alpha value is -2.83. The van der Waals surface area contributed by atoms with Crippen LogP contribution in [0.2, 0.25) is 0 Å². The molecular formula is C14H6F9N3O. The van der Waals surface area contributed by atoms with Crippen molar-refractivity contribution in [3.8, 4) is 0 Å². The first-order chi connectivity index (χ1) is 12.6. The standard InChI is InChI=1S/C14H6F9N3O/c15-3-4(16)8(20)12(9(21)5(3)17)25-26-14-11(23)7(19)6(18)10(22)13(14)24-1-2-27/h24,27H,1-2H2. The second kappa shape index (κ2) is 7.82. The number of benzene rings is 2. The van der Waals surface area contributed by atoms with Gasteiger partial charge in [-0.1, -0.05) is 0 Å². The second-order valence-electron chi connectivity index (χ2n) is 4.75. The highest BCUT2D eigenvalue weighted by Gasteiger charge is 2.28. The molecule has 0 unspecified atom stereocenters. The van der Waals surface area contributed by atoms with E-state index in [9.17, 15) is 39.5 Å². The molecule has 0 aromatic heterocycles. The molecule has 13 heteroatoms. The highest BCUT2D eigenvalue weighted by Crippen LogP contribution is 2.37. The lowest BCUT2D eigenvalue weighted by Gasteiger charge is -2.11. The molecule has 0 bridgehead atoms. The van der Waals surface area contributed by atoms with E-state index in [1.165, 1.54) is 0 Å². The molecule has 0 aliphatic heterocycles. The van der Waals surface area contributed by atoms with Gasteiger partial charge in [0.1, 0.15) is 5.69 Å². The Kier molecular flexibility index (Phi) is 5.93. The molecule has 27 heavy (non-hydrogen) atoms. The number of halogens is 9.